The molecule has 1 aromatic carbocycles. The Labute approximate surface area is 114 Å². The fraction of sp³-hybridized carbons (Fsp3) is 0.625. The summed E-state index contributed by atoms with van der Waals surface area (Å²) in [6.45, 7) is 4.70. The number of hydrogen-bond acceptors (Lipinski definition) is 2. The Morgan fingerprint density at radius 2 is 2.26 bits per heavy atom. The summed E-state index contributed by atoms with van der Waals surface area (Å²) in [6.07, 6.45) is 4.71. The van der Waals surface area contributed by atoms with Gasteiger partial charge in [-0.1, -0.05) is 6.07 Å². The average molecular weight is 263 g/mol. The van der Waals surface area contributed by atoms with Crippen LogP contribution in [0.15, 0.2) is 18.2 Å². The number of aryl methyl sites for hydroxylation is 1. The third-order valence-corrected chi connectivity index (χ3v) is 4.40. The monoisotopic (exact) mass is 263 g/mol. The number of halogens is 1. The van der Waals surface area contributed by atoms with Crippen molar-refractivity contribution in [3.63, 3.8) is 0 Å². The summed E-state index contributed by atoms with van der Waals surface area (Å²) in [5, 5.41) is 3.64. The van der Waals surface area contributed by atoms with Crippen LogP contribution in [-0.2, 0) is 11.2 Å². The molecule has 2 aliphatic rings. The number of ether oxygens (including phenoxy) is 1. The summed E-state index contributed by atoms with van der Waals surface area (Å²) in [4.78, 5) is 0. The van der Waals surface area contributed by atoms with E-state index in [1.807, 2.05) is 13.0 Å². The van der Waals surface area contributed by atoms with E-state index in [1.165, 1.54) is 18.4 Å². The molecule has 19 heavy (non-hydrogen) atoms. The van der Waals surface area contributed by atoms with E-state index in [-0.39, 0.29) is 11.2 Å². The van der Waals surface area contributed by atoms with Gasteiger partial charge in [0.05, 0.1) is 6.61 Å². The second-order valence-electron chi connectivity index (χ2n) is 6.21. The molecule has 0 bridgehead atoms. The largest absolute Gasteiger partial charge is 0.381 e. The molecule has 3 heteroatoms. The van der Waals surface area contributed by atoms with E-state index in [1.54, 1.807) is 12.1 Å². The Morgan fingerprint density at radius 1 is 1.42 bits per heavy atom. The maximum absolute atomic E-state index is 13.2. The topological polar surface area (TPSA) is 21.3 Å². The van der Waals surface area contributed by atoms with Crippen molar-refractivity contribution in [3.05, 3.63) is 35.1 Å². The highest BCUT2D eigenvalue weighted by Crippen LogP contribution is 2.34. The summed E-state index contributed by atoms with van der Waals surface area (Å²) in [6, 6.07) is 5.86. The van der Waals surface area contributed by atoms with Gasteiger partial charge in [0, 0.05) is 24.6 Å². The van der Waals surface area contributed by atoms with Crippen LogP contribution < -0.4 is 5.32 Å². The van der Waals surface area contributed by atoms with Crippen LogP contribution in [0, 0.1) is 18.2 Å². The average Bonchev–Trinajstić information content (AvgIpc) is 3.11. The lowest BCUT2D eigenvalue weighted by atomic mass is 9.80. The van der Waals surface area contributed by atoms with Crippen molar-refractivity contribution in [1.82, 2.24) is 5.32 Å². The van der Waals surface area contributed by atoms with Gasteiger partial charge in [0.25, 0.3) is 0 Å². The highest BCUT2D eigenvalue weighted by Gasteiger charge is 2.36. The number of hydrogen-bond donors (Lipinski definition) is 1. The fourth-order valence-electron chi connectivity index (χ4n) is 2.90. The Balaban J connectivity index is 1.72. The molecule has 1 atom stereocenters. The predicted octanol–water partition coefficient (Wildman–Crippen LogP) is 2.84. The first kappa shape index (κ1) is 13.1. The van der Waals surface area contributed by atoms with E-state index in [9.17, 15) is 4.39 Å². The van der Waals surface area contributed by atoms with Crippen molar-refractivity contribution >= 4 is 0 Å². The van der Waals surface area contributed by atoms with Crippen LogP contribution in [0.3, 0.4) is 0 Å². The van der Waals surface area contributed by atoms with Crippen LogP contribution in [0.1, 0.15) is 30.4 Å². The maximum atomic E-state index is 13.2. The first-order valence-electron chi connectivity index (χ1n) is 7.23. The minimum Gasteiger partial charge on any atom is -0.381 e. The van der Waals surface area contributed by atoms with Gasteiger partial charge in [-0.25, -0.2) is 4.39 Å². The predicted molar refractivity (Wildman–Crippen MR) is 73.7 cm³/mol. The molecule has 2 nitrogen and oxygen atoms in total. The molecule has 2 fully saturated rings. The normalized spacial score (nSPS) is 26.8. The van der Waals surface area contributed by atoms with Gasteiger partial charge in [0.2, 0.25) is 0 Å². The number of nitrogens with one attached hydrogen (secondary N) is 1. The first-order chi connectivity index (χ1) is 9.17. The van der Waals surface area contributed by atoms with Gasteiger partial charge in [-0.3, -0.25) is 0 Å². The molecular weight excluding hydrogens is 241 g/mol. The van der Waals surface area contributed by atoms with E-state index < -0.39 is 0 Å². The SMILES string of the molecule is Cc1cc(F)ccc1CC1(CNC2CC2)CCOC1. The van der Waals surface area contributed by atoms with Crippen LogP contribution in [0.4, 0.5) is 4.39 Å². The summed E-state index contributed by atoms with van der Waals surface area (Å²) >= 11 is 0. The van der Waals surface area contributed by atoms with Gasteiger partial charge in [-0.15, -0.1) is 0 Å². The molecule has 1 saturated heterocycles. The Bertz CT molecular complexity index is 450. The number of rotatable bonds is 5. The summed E-state index contributed by atoms with van der Waals surface area (Å²) in [5.74, 6) is -0.144. The van der Waals surface area contributed by atoms with Crippen LogP contribution >= 0.6 is 0 Å². The molecule has 0 aromatic heterocycles. The molecule has 0 radical (unpaired) electrons. The van der Waals surface area contributed by atoms with Crippen molar-refractivity contribution in [1.29, 1.82) is 0 Å². The van der Waals surface area contributed by atoms with Gasteiger partial charge in [0.15, 0.2) is 0 Å². The van der Waals surface area contributed by atoms with E-state index in [0.717, 1.165) is 44.2 Å². The molecule has 3 rings (SSSR count). The van der Waals surface area contributed by atoms with Crippen LogP contribution in [-0.4, -0.2) is 25.8 Å². The minimum atomic E-state index is -0.144. The molecule has 1 saturated carbocycles. The second kappa shape index (κ2) is 5.22. The summed E-state index contributed by atoms with van der Waals surface area (Å²) < 4.78 is 18.8. The van der Waals surface area contributed by atoms with Crippen LogP contribution in [0.5, 0.6) is 0 Å². The van der Waals surface area contributed by atoms with Gasteiger partial charge in [0.1, 0.15) is 5.82 Å². The highest BCUT2D eigenvalue weighted by molar-refractivity contribution is 5.28. The summed E-state index contributed by atoms with van der Waals surface area (Å²) in [7, 11) is 0. The Hall–Kier alpha value is -0.930. The zero-order chi connectivity index (χ0) is 13.3. The van der Waals surface area contributed by atoms with Gasteiger partial charge in [-0.05, 0) is 55.9 Å². The van der Waals surface area contributed by atoms with Crippen molar-refractivity contribution in [2.75, 3.05) is 19.8 Å². The molecular formula is C16H22FNO. The fourth-order valence-corrected chi connectivity index (χ4v) is 2.90. The lowest BCUT2D eigenvalue weighted by Gasteiger charge is -2.28. The first-order valence-corrected chi connectivity index (χ1v) is 7.23. The zero-order valence-corrected chi connectivity index (χ0v) is 11.5. The van der Waals surface area contributed by atoms with E-state index >= 15 is 0 Å². The molecule has 0 amide bonds. The molecule has 104 valence electrons. The van der Waals surface area contributed by atoms with Crippen molar-refractivity contribution in [3.8, 4) is 0 Å². The third kappa shape index (κ3) is 3.15. The third-order valence-electron chi connectivity index (χ3n) is 4.40. The van der Waals surface area contributed by atoms with E-state index in [2.05, 4.69) is 5.32 Å². The standard InChI is InChI=1S/C16H22FNO/c1-12-8-14(17)3-2-13(12)9-16(6-7-19-11-16)10-18-15-4-5-15/h2-3,8,15,18H,4-7,9-11H2,1H3. The number of benzene rings is 1. The van der Waals surface area contributed by atoms with Crippen molar-refractivity contribution in [2.24, 2.45) is 5.41 Å². The molecule has 1 unspecified atom stereocenters. The smallest absolute Gasteiger partial charge is 0.123 e. The van der Waals surface area contributed by atoms with Crippen LogP contribution in [0.25, 0.3) is 0 Å². The Morgan fingerprint density at radius 3 is 2.89 bits per heavy atom. The minimum absolute atomic E-state index is 0.144. The molecule has 1 aliphatic carbocycles. The molecule has 1 heterocycles. The lowest BCUT2D eigenvalue weighted by Crippen LogP contribution is -2.37. The van der Waals surface area contributed by atoms with Gasteiger partial charge in [-0.2, -0.15) is 0 Å². The second-order valence-corrected chi connectivity index (χ2v) is 6.21. The zero-order valence-electron chi connectivity index (χ0n) is 11.5. The maximum Gasteiger partial charge on any atom is 0.123 e. The molecule has 1 aliphatic heterocycles. The van der Waals surface area contributed by atoms with Crippen molar-refractivity contribution in [2.45, 2.75) is 38.6 Å². The van der Waals surface area contributed by atoms with Crippen molar-refractivity contribution < 1.29 is 9.13 Å². The van der Waals surface area contributed by atoms with Crippen LogP contribution in [0.2, 0.25) is 0 Å². The van der Waals surface area contributed by atoms with E-state index in [4.69, 9.17) is 4.74 Å². The molecule has 1 aromatic rings. The molecule has 0 spiro atoms. The highest BCUT2D eigenvalue weighted by atomic mass is 19.1. The van der Waals surface area contributed by atoms with E-state index in [0.29, 0.717) is 0 Å². The lowest BCUT2D eigenvalue weighted by molar-refractivity contribution is 0.149. The quantitative estimate of drug-likeness (QED) is 0.882. The van der Waals surface area contributed by atoms with Gasteiger partial charge < -0.3 is 10.1 Å². The summed E-state index contributed by atoms with van der Waals surface area (Å²) in [5.41, 5.74) is 2.51. The van der Waals surface area contributed by atoms with Gasteiger partial charge >= 0.3 is 0 Å². The Kier molecular flexibility index (Phi) is 3.59. The molecule has 1 N–H and O–H groups in total.